The van der Waals surface area contributed by atoms with Crippen LogP contribution in [0.5, 0.6) is 0 Å². The molecule has 0 saturated heterocycles. The average molecular weight is 282 g/mol. The number of nitrogens with zero attached hydrogens (tertiary/aromatic N) is 6. The van der Waals surface area contributed by atoms with E-state index in [0.29, 0.717) is 12.8 Å². The maximum absolute atomic E-state index is 12.3. The van der Waals surface area contributed by atoms with E-state index in [1.807, 2.05) is 37.3 Å². The minimum absolute atomic E-state index is 0.156. The number of hydrogen-bond donors (Lipinski definition) is 0. The predicted octanol–water partition coefficient (Wildman–Crippen LogP) is 4.39. The van der Waals surface area contributed by atoms with Crippen LogP contribution in [0.15, 0.2) is 46.1 Å². The van der Waals surface area contributed by atoms with E-state index in [0.717, 1.165) is 5.56 Å². The van der Waals surface area contributed by atoms with Crippen LogP contribution in [0.25, 0.3) is 27.0 Å². The molecular weight excluding hydrogens is 268 g/mol. The van der Waals surface area contributed by atoms with Crippen molar-refractivity contribution in [3.8, 4) is 0 Å². The fourth-order valence-corrected chi connectivity index (χ4v) is 2.52. The van der Waals surface area contributed by atoms with Crippen molar-refractivity contribution in [2.24, 2.45) is 16.1 Å². The zero-order valence-electron chi connectivity index (χ0n) is 11.5. The molecule has 0 aliphatic heterocycles. The van der Waals surface area contributed by atoms with Gasteiger partial charge in [0.2, 0.25) is 0 Å². The first-order valence-corrected chi connectivity index (χ1v) is 6.57. The van der Waals surface area contributed by atoms with Gasteiger partial charge < -0.3 is 0 Å². The second kappa shape index (κ2) is 6.13. The minimum atomic E-state index is -1.49. The van der Waals surface area contributed by atoms with Gasteiger partial charge in [0.1, 0.15) is 0 Å². The lowest BCUT2D eigenvalue weighted by Gasteiger charge is -2.36. The lowest BCUT2D eigenvalue weighted by molar-refractivity contribution is -0.117. The van der Waals surface area contributed by atoms with Gasteiger partial charge in [-0.3, -0.25) is 4.79 Å². The Morgan fingerprint density at radius 1 is 1.24 bits per heavy atom. The molecule has 0 heterocycles. The third-order valence-electron chi connectivity index (χ3n) is 3.69. The summed E-state index contributed by atoms with van der Waals surface area (Å²) in [7, 11) is 0. The first kappa shape index (κ1) is 14.7. The number of ketones is 1. The van der Waals surface area contributed by atoms with Crippen LogP contribution in [0.2, 0.25) is 0 Å². The zero-order valence-corrected chi connectivity index (χ0v) is 11.5. The van der Waals surface area contributed by atoms with Gasteiger partial charge >= 0.3 is 0 Å². The fourth-order valence-electron chi connectivity index (χ4n) is 2.52. The van der Waals surface area contributed by atoms with Crippen molar-refractivity contribution in [1.82, 2.24) is 0 Å². The van der Waals surface area contributed by atoms with Gasteiger partial charge in [-0.05, 0) is 35.0 Å². The number of carbonyl (C=O) groups is 1. The van der Waals surface area contributed by atoms with Crippen LogP contribution in [0.1, 0.15) is 25.3 Å². The van der Waals surface area contributed by atoms with Gasteiger partial charge in [0, 0.05) is 21.8 Å². The van der Waals surface area contributed by atoms with Gasteiger partial charge in [-0.1, -0.05) is 47.5 Å². The van der Waals surface area contributed by atoms with E-state index in [1.54, 1.807) is 6.08 Å². The first-order valence-electron chi connectivity index (χ1n) is 6.57. The molecule has 0 amide bonds. The average Bonchev–Trinajstić information content (AvgIpc) is 2.49. The molecule has 0 aromatic heterocycles. The smallest absolute Gasteiger partial charge is 0.159 e. The summed E-state index contributed by atoms with van der Waals surface area (Å²) < 4.78 is 0. The molecule has 1 atom stereocenters. The van der Waals surface area contributed by atoms with Crippen molar-refractivity contribution in [3.63, 3.8) is 0 Å². The van der Waals surface area contributed by atoms with E-state index in [4.69, 9.17) is 11.1 Å². The summed E-state index contributed by atoms with van der Waals surface area (Å²) in [6.07, 6.45) is 2.51. The Morgan fingerprint density at radius 3 is 2.43 bits per heavy atom. The molecule has 1 aromatic carbocycles. The predicted molar refractivity (Wildman–Crippen MR) is 78.8 cm³/mol. The second-order valence-electron chi connectivity index (χ2n) is 4.94. The first-order chi connectivity index (χ1) is 10.1. The lowest BCUT2D eigenvalue weighted by atomic mass is 9.75. The van der Waals surface area contributed by atoms with Crippen LogP contribution >= 0.6 is 0 Å². The van der Waals surface area contributed by atoms with E-state index in [9.17, 15) is 4.79 Å². The van der Waals surface area contributed by atoms with Gasteiger partial charge in [-0.25, -0.2) is 0 Å². The summed E-state index contributed by atoms with van der Waals surface area (Å²) in [5, 5.41) is 7.37. The maximum atomic E-state index is 12.3. The Kier molecular flexibility index (Phi) is 4.28. The molecule has 21 heavy (non-hydrogen) atoms. The molecule has 7 heteroatoms. The van der Waals surface area contributed by atoms with Gasteiger partial charge in [0.25, 0.3) is 0 Å². The number of hydrogen-bond acceptors (Lipinski definition) is 3. The van der Waals surface area contributed by atoms with Gasteiger partial charge in [-0.15, -0.1) is 0 Å². The number of carbonyl (C=O) groups excluding carboxylic acids is 1. The van der Waals surface area contributed by atoms with Crippen LogP contribution in [0, 0.1) is 5.92 Å². The van der Waals surface area contributed by atoms with E-state index in [2.05, 4.69) is 20.1 Å². The Balaban J connectivity index is 2.66. The third kappa shape index (κ3) is 2.74. The molecule has 1 aliphatic carbocycles. The minimum Gasteiger partial charge on any atom is -0.295 e. The molecule has 0 spiro atoms. The summed E-state index contributed by atoms with van der Waals surface area (Å²) in [4.78, 5) is 17.9. The molecule has 7 nitrogen and oxygen atoms in total. The van der Waals surface area contributed by atoms with E-state index in [1.165, 1.54) is 0 Å². The Labute approximate surface area is 121 Å². The highest BCUT2D eigenvalue weighted by molar-refractivity contribution is 6.02. The van der Waals surface area contributed by atoms with Crippen molar-refractivity contribution >= 4 is 11.9 Å². The summed E-state index contributed by atoms with van der Waals surface area (Å²) in [6.45, 7) is 1.81. The maximum Gasteiger partial charge on any atom is 0.159 e. The highest BCUT2D eigenvalue weighted by Crippen LogP contribution is 2.41. The normalized spacial score (nSPS) is 26.8. The molecule has 0 bridgehead atoms. The van der Waals surface area contributed by atoms with Gasteiger partial charge in [-0.2, -0.15) is 0 Å². The van der Waals surface area contributed by atoms with Crippen LogP contribution < -0.4 is 0 Å². The molecule has 106 valence electrons. The number of Topliss-reactive ketones (excluding diaryl/α,β-unsaturated/α-hetero) is 1. The summed E-state index contributed by atoms with van der Waals surface area (Å²) in [5.41, 5.74) is 17.2. The SMILES string of the molecule is CC1CCC(=O)C(=Cc2ccccc2)C1(N=[N+]=[N-])N=[N+]=[N-]. The molecule has 0 N–H and O–H groups in total. The summed E-state index contributed by atoms with van der Waals surface area (Å²) >= 11 is 0. The highest BCUT2D eigenvalue weighted by atomic mass is 16.1. The van der Waals surface area contributed by atoms with Crippen LogP contribution in [-0.4, -0.2) is 11.4 Å². The fraction of sp³-hybridized carbons (Fsp3) is 0.357. The van der Waals surface area contributed by atoms with Crippen molar-refractivity contribution in [2.75, 3.05) is 0 Å². The highest BCUT2D eigenvalue weighted by Gasteiger charge is 2.45. The largest absolute Gasteiger partial charge is 0.295 e. The third-order valence-corrected chi connectivity index (χ3v) is 3.69. The van der Waals surface area contributed by atoms with Crippen molar-refractivity contribution in [1.29, 1.82) is 0 Å². The second-order valence-corrected chi connectivity index (χ2v) is 4.94. The molecule has 1 unspecified atom stereocenters. The van der Waals surface area contributed by atoms with E-state index < -0.39 is 5.66 Å². The molecular formula is C14H14N6O. The molecule has 0 radical (unpaired) electrons. The van der Waals surface area contributed by atoms with Crippen molar-refractivity contribution in [3.05, 3.63) is 62.4 Å². The number of azide groups is 1. The van der Waals surface area contributed by atoms with Crippen molar-refractivity contribution < 1.29 is 4.79 Å². The molecule has 1 saturated carbocycles. The topological polar surface area (TPSA) is 115 Å². The van der Waals surface area contributed by atoms with E-state index >= 15 is 0 Å². The van der Waals surface area contributed by atoms with Crippen LogP contribution in [0.4, 0.5) is 0 Å². The van der Waals surface area contributed by atoms with E-state index in [-0.39, 0.29) is 17.3 Å². The summed E-state index contributed by atoms with van der Waals surface area (Å²) in [6, 6.07) is 9.20. The monoisotopic (exact) mass is 282 g/mol. The molecule has 1 fully saturated rings. The Bertz CT molecular complexity index is 650. The van der Waals surface area contributed by atoms with Gasteiger partial charge in [0.15, 0.2) is 11.4 Å². The molecule has 1 aromatic rings. The molecule has 1 aliphatic rings. The summed E-state index contributed by atoms with van der Waals surface area (Å²) in [5.74, 6) is -0.395. The number of rotatable bonds is 3. The van der Waals surface area contributed by atoms with Crippen LogP contribution in [-0.2, 0) is 4.79 Å². The Hall–Kier alpha value is -2.75. The van der Waals surface area contributed by atoms with Crippen LogP contribution in [0.3, 0.4) is 0 Å². The standard InChI is InChI=1S/C14H14N6O/c1-10-7-8-13(21)12(9-11-5-3-2-4-6-11)14(10,17-19-15)18-20-16/h2-6,9-10H,7-8H2,1H3. The Morgan fingerprint density at radius 2 is 1.86 bits per heavy atom. The quantitative estimate of drug-likeness (QED) is 0.348. The van der Waals surface area contributed by atoms with Crippen molar-refractivity contribution in [2.45, 2.75) is 25.4 Å². The van der Waals surface area contributed by atoms with Gasteiger partial charge in [0.05, 0.1) is 0 Å². The zero-order chi connectivity index (χ0) is 15.3. The molecule has 2 rings (SSSR count). The number of benzene rings is 1. The lowest BCUT2D eigenvalue weighted by Crippen LogP contribution is -2.41.